The first kappa shape index (κ1) is 28.3. The summed E-state index contributed by atoms with van der Waals surface area (Å²) < 4.78 is 49.6. The van der Waals surface area contributed by atoms with Gasteiger partial charge >= 0.3 is 7.52 Å². The molecule has 1 aromatic heterocycles. The molecular formula is C24H32N5O6PS2. The van der Waals surface area contributed by atoms with Gasteiger partial charge in [-0.3, -0.25) is 14.1 Å². The Morgan fingerprint density at radius 1 is 1.32 bits per heavy atom. The van der Waals surface area contributed by atoms with Crippen molar-refractivity contribution in [2.75, 3.05) is 29.4 Å². The highest BCUT2D eigenvalue weighted by Gasteiger charge is 2.45. The first-order valence-electron chi connectivity index (χ1n) is 12.1. The quantitative estimate of drug-likeness (QED) is 0.378. The Kier molecular flexibility index (Phi) is 7.77. The van der Waals surface area contributed by atoms with Crippen LogP contribution in [-0.2, 0) is 30.3 Å². The summed E-state index contributed by atoms with van der Waals surface area (Å²) in [7, 11) is -7.51. The lowest BCUT2D eigenvalue weighted by Crippen LogP contribution is -2.40. The van der Waals surface area contributed by atoms with Gasteiger partial charge in [0.2, 0.25) is 10.0 Å². The summed E-state index contributed by atoms with van der Waals surface area (Å²) >= 11 is 1.43. The van der Waals surface area contributed by atoms with Crippen LogP contribution in [0.4, 0.5) is 11.4 Å². The number of aliphatic hydroxyl groups is 1. The normalized spacial score (nSPS) is 21.8. The maximum Gasteiger partial charge on any atom is 0.348 e. The summed E-state index contributed by atoms with van der Waals surface area (Å²) in [6.45, 7) is 8.34. The van der Waals surface area contributed by atoms with E-state index in [1.54, 1.807) is 17.3 Å². The zero-order chi connectivity index (χ0) is 27.9. The lowest BCUT2D eigenvalue weighted by molar-refractivity contribution is -0.127. The Balaban J connectivity index is 1.76. The number of nitrogens with zero attached hydrogens (tertiary/aromatic N) is 3. The fraction of sp³-hybridized carbons (Fsp3) is 0.458. The molecular weight excluding hydrogens is 549 g/mol. The molecule has 0 saturated carbocycles. The molecule has 4 rings (SSSR count). The number of hydrogen-bond donors (Lipinski definition) is 3. The molecule has 0 radical (unpaired) electrons. The number of fused-ring (bicyclic) bond motifs is 1. The molecule has 3 N–H and O–H groups in total. The van der Waals surface area contributed by atoms with Crippen LogP contribution < -0.4 is 15.3 Å². The summed E-state index contributed by atoms with van der Waals surface area (Å²) in [5, 5.41) is 16.4. The minimum absolute atomic E-state index is 0.0498. The van der Waals surface area contributed by atoms with Crippen molar-refractivity contribution in [1.29, 1.82) is 0 Å². The minimum Gasteiger partial charge on any atom is -0.509 e. The first-order valence-corrected chi connectivity index (χ1v) is 16.5. The standard InChI is InChI=1S/C24H32N5O6PS2/c1-6-35-36(32)19-12-15(28-38(5,33)34)7-8-17(19)26-22(27-36)20-21(30)18(11-16-13-37-14-25-16)29(23(20)31)10-9-24(2,3)4/h7-8,12-14,18,28,30H,6,9-11H2,1-5H3,(H,26,27,32)/t18-,36?/m0/s1. The van der Waals surface area contributed by atoms with Gasteiger partial charge in [0, 0.05) is 24.0 Å². The molecule has 0 spiro atoms. The number of rotatable bonds is 9. The van der Waals surface area contributed by atoms with Gasteiger partial charge in [-0.1, -0.05) is 20.8 Å². The Morgan fingerprint density at radius 2 is 2.05 bits per heavy atom. The van der Waals surface area contributed by atoms with E-state index in [1.807, 2.05) is 5.38 Å². The van der Waals surface area contributed by atoms with Gasteiger partial charge in [0.25, 0.3) is 5.91 Å². The fourth-order valence-corrected chi connectivity index (χ4v) is 7.19. The predicted octanol–water partition coefficient (Wildman–Crippen LogP) is 3.90. The third-order valence-corrected chi connectivity index (χ3v) is 9.33. The van der Waals surface area contributed by atoms with Gasteiger partial charge in [0.05, 0.1) is 41.1 Å². The average molecular weight is 582 g/mol. The Labute approximate surface area is 226 Å². The van der Waals surface area contributed by atoms with Gasteiger partial charge in [-0.05, 0) is 37.0 Å². The number of anilines is 2. The zero-order valence-corrected chi connectivity index (χ0v) is 24.4. The van der Waals surface area contributed by atoms with Crippen LogP contribution in [0.15, 0.2) is 45.2 Å². The highest BCUT2D eigenvalue weighted by atomic mass is 32.2. The molecule has 2 atom stereocenters. The van der Waals surface area contributed by atoms with Crippen LogP contribution in [0.1, 0.15) is 39.8 Å². The van der Waals surface area contributed by atoms with E-state index in [-0.39, 0.29) is 40.2 Å². The van der Waals surface area contributed by atoms with Crippen molar-refractivity contribution in [1.82, 2.24) is 9.88 Å². The lowest BCUT2D eigenvalue weighted by atomic mass is 9.92. The maximum atomic E-state index is 14.0. The summed E-state index contributed by atoms with van der Waals surface area (Å²) in [5.41, 5.74) is 2.86. The maximum absolute atomic E-state index is 14.0. The van der Waals surface area contributed by atoms with Gasteiger partial charge in [-0.2, -0.15) is 4.76 Å². The zero-order valence-electron chi connectivity index (χ0n) is 21.9. The first-order chi connectivity index (χ1) is 17.7. The number of aliphatic hydroxyl groups excluding tert-OH is 1. The smallest absolute Gasteiger partial charge is 0.348 e. The molecule has 2 aliphatic rings. The monoisotopic (exact) mass is 581 g/mol. The molecule has 206 valence electrons. The van der Waals surface area contributed by atoms with Gasteiger partial charge in [0.1, 0.15) is 11.3 Å². The second kappa shape index (κ2) is 10.4. The van der Waals surface area contributed by atoms with Gasteiger partial charge < -0.3 is 19.8 Å². The van der Waals surface area contributed by atoms with E-state index in [1.165, 1.54) is 29.5 Å². The Morgan fingerprint density at radius 3 is 2.66 bits per heavy atom. The third kappa shape index (κ3) is 6.12. The molecule has 11 nitrogen and oxygen atoms in total. The van der Waals surface area contributed by atoms with E-state index >= 15 is 0 Å². The molecule has 1 aromatic carbocycles. The summed E-state index contributed by atoms with van der Waals surface area (Å²) in [6, 6.07) is 3.77. The van der Waals surface area contributed by atoms with Crippen molar-refractivity contribution in [2.24, 2.45) is 10.2 Å². The predicted molar refractivity (Wildman–Crippen MR) is 150 cm³/mol. The Hall–Kier alpha value is -2.73. The van der Waals surface area contributed by atoms with Gasteiger partial charge in [-0.15, -0.1) is 11.3 Å². The number of aromatic nitrogens is 1. The number of hydrogen-bond acceptors (Lipinski definition) is 9. The molecule has 3 heterocycles. The van der Waals surface area contributed by atoms with Crippen molar-refractivity contribution >= 4 is 57.3 Å². The van der Waals surface area contributed by atoms with Crippen LogP contribution in [-0.4, -0.2) is 60.6 Å². The molecule has 1 unspecified atom stereocenters. The number of amidine groups is 1. The van der Waals surface area contributed by atoms with E-state index in [0.29, 0.717) is 25.1 Å². The second-order valence-corrected chi connectivity index (χ2v) is 14.8. The number of carbonyl (C=O) groups is 1. The lowest BCUT2D eigenvalue weighted by Gasteiger charge is -2.29. The van der Waals surface area contributed by atoms with E-state index in [0.717, 1.165) is 11.9 Å². The highest BCUT2D eigenvalue weighted by Crippen LogP contribution is 2.52. The number of amides is 1. The van der Waals surface area contributed by atoms with E-state index in [4.69, 9.17) is 4.52 Å². The largest absolute Gasteiger partial charge is 0.509 e. The molecule has 0 bridgehead atoms. The molecule has 2 aromatic rings. The molecule has 14 heteroatoms. The highest BCUT2D eigenvalue weighted by molar-refractivity contribution is 7.92. The molecule has 38 heavy (non-hydrogen) atoms. The molecule has 0 fully saturated rings. The molecule has 1 amide bonds. The fourth-order valence-electron chi connectivity index (χ4n) is 4.26. The second-order valence-electron chi connectivity index (χ2n) is 10.4. The van der Waals surface area contributed by atoms with Gasteiger partial charge in [-0.25, -0.2) is 13.4 Å². The SMILES string of the molecule is CCOP1(=O)N=C(C2=C(O)[C@H](Cc3cscn3)N(CCC(C)(C)C)C2=O)Nc2ccc(NS(C)(=O)=O)cc21. The van der Waals surface area contributed by atoms with Crippen LogP contribution >= 0.6 is 18.9 Å². The Bertz CT molecular complexity index is 1450. The van der Waals surface area contributed by atoms with Crippen molar-refractivity contribution < 1.29 is 27.4 Å². The summed E-state index contributed by atoms with van der Waals surface area (Å²) in [4.78, 5) is 19.7. The molecule has 0 saturated heterocycles. The van der Waals surface area contributed by atoms with Crippen molar-refractivity contribution in [3.8, 4) is 0 Å². The topological polar surface area (TPSA) is 150 Å². The van der Waals surface area contributed by atoms with E-state index in [2.05, 4.69) is 40.6 Å². The minimum atomic E-state index is -3.93. The number of benzene rings is 1. The van der Waals surface area contributed by atoms with E-state index in [9.17, 15) is 22.9 Å². The number of nitrogens with one attached hydrogen (secondary N) is 2. The number of thiazole rings is 1. The van der Waals surface area contributed by atoms with Crippen LogP contribution in [0.5, 0.6) is 0 Å². The van der Waals surface area contributed by atoms with Crippen LogP contribution in [0, 0.1) is 5.41 Å². The number of sulfonamides is 1. The molecule has 0 aliphatic carbocycles. The third-order valence-electron chi connectivity index (χ3n) is 6.04. The van der Waals surface area contributed by atoms with Gasteiger partial charge in [0.15, 0.2) is 5.84 Å². The van der Waals surface area contributed by atoms with Crippen molar-refractivity contribution in [2.45, 2.75) is 46.6 Å². The van der Waals surface area contributed by atoms with E-state index < -0.39 is 29.5 Å². The van der Waals surface area contributed by atoms with Crippen molar-refractivity contribution in [3.05, 3.63) is 46.1 Å². The average Bonchev–Trinajstić information content (AvgIpc) is 3.38. The summed E-state index contributed by atoms with van der Waals surface area (Å²) in [6.07, 6.45) is 2.03. The number of carbonyl (C=O) groups excluding carboxylic acids is 1. The van der Waals surface area contributed by atoms with Crippen LogP contribution in [0.2, 0.25) is 0 Å². The van der Waals surface area contributed by atoms with Crippen LogP contribution in [0.3, 0.4) is 0 Å². The summed E-state index contributed by atoms with van der Waals surface area (Å²) in [5.74, 6) is -0.660. The molecule has 2 aliphatic heterocycles. The van der Waals surface area contributed by atoms with Crippen LogP contribution in [0.25, 0.3) is 0 Å². The van der Waals surface area contributed by atoms with Crippen molar-refractivity contribution in [3.63, 3.8) is 0 Å².